The van der Waals surface area contributed by atoms with E-state index in [0.717, 1.165) is 12.8 Å². The van der Waals surface area contributed by atoms with Gasteiger partial charge in [-0.15, -0.1) is 0 Å². The van der Waals surface area contributed by atoms with E-state index in [-0.39, 0.29) is 6.61 Å². The minimum Gasteiger partial charge on any atom is -0.395 e. The summed E-state index contributed by atoms with van der Waals surface area (Å²) in [6.07, 6.45) is 3.46. The van der Waals surface area contributed by atoms with E-state index in [1.165, 1.54) is 6.42 Å². The fourth-order valence-corrected chi connectivity index (χ4v) is 2.66. The molecule has 4 nitrogen and oxygen atoms in total. The van der Waals surface area contributed by atoms with Gasteiger partial charge in [0.25, 0.3) is 0 Å². The molecule has 0 saturated heterocycles. The molecule has 1 aromatic heterocycles. The van der Waals surface area contributed by atoms with Crippen LogP contribution in [0.3, 0.4) is 0 Å². The number of aliphatic hydroxyl groups is 1. The number of nitrogens with one attached hydrogen (secondary N) is 1. The molecule has 0 bridgehead atoms. The largest absolute Gasteiger partial charge is 0.395 e. The van der Waals surface area contributed by atoms with Crippen molar-refractivity contribution in [3.05, 3.63) is 16.1 Å². The van der Waals surface area contributed by atoms with Crippen molar-refractivity contribution in [1.82, 2.24) is 4.98 Å². The van der Waals surface area contributed by atoms with E-state index in [1.807, 2.05) is 0 Å². The summed E-state index contributed by atoms with van der Waals surface area (Å²) < 4.78 is 0. The van der Waals surface area contributed by atoms with Crippen LogP contribution in [0.25, 0.3) is 0 Å². The third kappa shape index (κ3) is 2.66. The fourth-order valence-electron chi connectivity index (χ4n) is 2.10. The Morgan fingerprint density at radius 1 is 1.44 bits per heavy atom. The number of nitrogens with zero attached hydrogens (tertiary/aromatic N) is 2. The minimum absolute atomic E-state index is 0.0893. The molecule has 0 atom stereocenters. The average molecular weight is 290 g/mol. The molecular formula is C12H17Cl2N3O. The van der Waals surface area contributed by atoms with Crippen molar-refractivity contribution in [3.8, 4) is 0 Å². The molecule has 0 unspecified atom stereocenters. The molecular weight excluding hydrogens is 273 g/mol. The number of hydrogen-bond donors (Lipinski definition) is 2. The number of aromatic nitrogens is 1. The van der Waals surface area contributed by atoms with Crippen LogP contribution in [-0.4, -0.2) is 36.3 Å². The maximum absolute atomic E-state index is 9.18. The molecule has 1 fully saturated rings. The van der Waals surface area contributed by atoms with E-state index in [4.69, 9.17) is 23.2 Å². The van der Waals surface area contributed by atoms with E-state index in [1.54, 1.807) is 13.1 Å². The fraction of sp³-hybridized carbons (Fsp3) is 0.583. The van der Waals surface area contributed by atoms with Crippen LogP contribution in [0.4, 0.5) is 11.6 Å². The summed E-state index contributed by atoms with van der Waals surface area (Å²) in [5.41, 5.74) is 0. The van der Waals surface area contributed by atoms with Gasteiger partial charge in [-0.2, -0.15) is 0 Å². The van der Waals surface area contributed by atoms with Gasteiger partial charge in [0.15, 0.2) is 0 Å². The number of halogens is 2. The van der Waals surface area contributed by atoms with Gasteiger partial charge in [0.05, 0.1) is 16.7 Å². The summed E-state index contributed by atoms with van der Waals surface area (Å²) in [5, 5.41) is 13.2. The van der Waals surface area contributed by atoms with Gasteiger partial charge in [-0.05, 0) is 25.3 Å². The highest BCUT2D eigenvalue weighted by atomic mass is 35.5. The summed E-state index contributed by atoms with van der Waals surface area (Å²) in [7, 11) is 1.77. The lowest BCUT2D eigenvalue weighted by Crippen LogP contribution is -2.42. The number of anilines is 2. The summed E-state index contributed by atoms with van der Waals surface area (Å²) in [6.45, 7) is 0.633. The van der Waals surface area contributed by atoms with E-state index in [9.17, 15) is 5.11 Å². The Balaban J connectivity index is 2.33. The number of hydrogen-bond acceptors (Lipinski definition) is 4. The summed E-state index contributed by atoms with van der Waals surface area (Å²) in [6, 6.07) is 2.12. The Kier molecular flexibility index (Phi) is 4.54. The van der Waals surface area contributed by atoms with Crippen LogP contribution in [0.1, 0.15) is 19.3 Å². The Bertz CT molecular complexity index is 424. The topological polar surface area (TPSA) is 48.4 Å². The van der Waals surface area contributed by atoms with Gasteiger partial charge < -0.3 is 15.3 Å². The lowest BCUT2D eigenvalue weighted by Gasteiger charge is -2.38. The zero-order chi connectivity index (χ0) is 13.1. The van der Waals surface area contributed by atoms with Crippen molar-refractivity contribution >= 4 is 34.8 Å². The molecule has 0 amide bonds. The van der Waals surface area contributed by atoms with Crippen LogP contribution < -0.4 is 10.2 Å². The van der Waals surface area contributed by atoms with Crippen LogP contribution in [-0.2, 0) is 0 Å². The maximum Gasteiger partial charge on any atom is 0.150 e. The molecule has 0 spiro atoms. The highest BCUT2D eigenvalue weighted by Gasteiger charge is 2.27. The van der Waals surface area contributed by atoms with Gasteiger partial charge in [-0.3, -0.25) is 0 Å². The molecule has 1 aliphatic rings. The second-order valence-electron chi connectivity index (χ2n) is 4.38. The Hall–Kier alpha value is -0.710. The Morgan fingerprint density at radius 2 is 2.17 bits per heavy atom. The number of rotatable bonds is 5. The molecule has 0 radical (unpaired) electrons. The second kappa shape index (κ2) is 5.95. The monoisotopic (exact) mass is 289 g/mol. The molecule has 100 valence electrons. The minimum atomic E-state index is 0.0893. The zero-order valence-corrected chi connectivity index (χ0v) is 11.8. The predicted molar refractivity (Wildman–Crippen MR) is 75.9 cm³/mol. The second-order valence-corrected chi connectivity index (χ2v) is 5.19. The summed E-state index contributed by atoms with van der Waals surface area (Å²) >= 11 is 12.2. The highest BCUT2D eigenvalue weighted by molar-refractivity contribution is 6.37. The van der Waals surface area contributed by atoms with Crippen LogP contribution in [0.2, 0.25) is 10.0 Å². The van der Waals surface area contributed by atoms with Crippen molar-refractivity contribution in [2.45, 2.75) is 25.3 Å². The van der Waals surface area contributed by atoms with E-state index >= 15 is 0 Å². The van der Waals surface area contributed by atoms with Gasteiger partial charge in [0.2, 0.25) is 0 Å². The van der Waals surface area contributed by atoms with Gasteiger partial charge in [-0.1, -0.05) is 23.2 Å². The van der Waals surface area contributed by atoms with Crippen LogP contribution in [0, 0.1) is 0 Å². The van der Waals surface area contributed by atoms with Crippen molar-refractivity contribution in [2.75, 3.05) is 30.4 Å². The van der Waals surface area contributed by atoms with Crippen molar-refractivity contribution in [2.24, 2.45) is 0 Å². The molecule has 18 heavy (non-hydrogen) atoms. The van der Waals surface area contributed by atoms with Crippen LogP contribution in [0.15, 0.2) is 6.07 Å². The molecule has 1 aliphatic carbocycles. The number of pyridine rings is 1. The smallest absolute Gasteiger partial charge is 0.150 e. The first-order valence-electron chi connectivity index (χ1n) is 6.08. The molecule has 1 heterocycles. The Morgan fingerprint density at radius 3 is 2.67 bits per heavy atom. The molecule has 0 aliphatic heterocycles. The standard InChI is InChI=1S/C12H17Cl2N3O/c1-15-11-9(13)7-10(14)12(16-11)17(5-6-18)8-3-2-4-8/h7-8,18H,2-6H2,1H3,(H,15,16). The normalized spacial score (nSPS) is 15.3. The third-order valence-electron chi connectivity index (χ3n) is 3.28. The first kappa shape index (κ1) is 13.7. The maximum atomic E-state index is 9.18. The predicted octanol–water partition coefficient (Wildman–Crippen LogP) is 2.78. The van der Waals surface area contributed by atoms with Gasteiger partial charge in [0.1, 0.15) is 11.6 Å². The number of aliphatic hydroxyl groups excluding tert-OH is 1. The van der Waals surface area contributed by atoms with Crippen molar-refractivity contribution < 1.29 is 5.11 Å². The van der Waals surface area contributed by atoms with E-state index < -0.39 is 0 Å². The highest BCUT2D eigenvalue weighted by Crippen LogP contribution is 2.35. The van der Waals surface area contributed by atoms with E-state index in [2.05, 4.69) is 15.2 Å². The lowest BCUT2D eigenvalue weighted by atomic mass is 9.91. The zero-order valence-electron chi connectivity index (χ0n) is 10.3. The third-order valence-corrected chi connectivity index (χ3v) is 3.84. The summed E-state index contributed by atoms with van der Waals surface area (Å²) in [5.74, 6) is 1.31. The lowest BCUT2D eigenvalue weighted by molar-refractivity contribution is 0.283. The summed E-state index contributed by atoms with van der Waals surface area (Å²) in [4.78, 5) is 6.52. The van der Waals surface area contributed by atoms with Crippen molar-refractivity contribution in [3.63, 3.8) is 0 Å². The van der Waals surface area contributed by atoms with E-state index in [0.29, 0.717) is 34.3 Å². The average Bonchev–Trinajstić information content (AvgIpc) is 2.26. The van der Waals surface area contributed by atoms with Gasteiger partial charge in [0, 0.05) is 19.6 Å². The first-order chi connectivity index (χ1) is 8.67. The Labute approximate surface area is 117 Å². The molecule has 6 heteroatoms. The van der Waals surface area contributed by atoms with Gasteiger partial charge in [-0.25, -0.2) is 4.98 Å². The van der Waals surface area contributed by atoms with Crippen LogP contribution in [0.5, 0.6) is 0 Å². The SMILES string of the molecule is CNc1nc(N(CCO)C2CCC2)c(Cl)cc1Cl. The quantitative estimate of drug-likeness (QED) is 0.875. The van der Waals surface area contributed by atoms with Crippen LogP contribution >= 0.6 is 23.2 Å². The van der Waals surface area contributed by atoms with Gasteiger partial charge >= 0.3 is 0 Å². The molecule has 0 aromatic carbocycles. The first-order valence-corrected chi connectivity index (χ1v) is 6.84. The molecule has 2 rings (SSSR count). The van der Waals surface area contributed by atoms with Crippen molar-refractivity contribution in [1.29, 1.82) is 0 Å². The molecule has 1 saturated carbocycles. The molecule has 1 aromatic rings. The molecule has 2 N–H and O–H groups in total.